The van der Waals surface area contributed by atoms with Crippen LogP contribution < -0.4 is 11.5 Å². The fraction of sp³-hybridized carbons (Fsp3) is 0.458. The number of aromatic hydroxyl groups is 1. The lowest BCUT2D eigenvalue weighted by Crippen LogP contribution is -2.52. The van der Waals surface area contributed by atoms with Gasteiger partial charge < -0.3 is 26.8 Å². The molecule has 1 saturated heterocycles. The molecule has 1 aromatic carbocycles. The number of primary amides is 1. The number of halogens is 1. The molecule has 0 bridgehead atoms. The monoisotopic (exact) mass is 471 g/mol. The first-order valence-electron chi connectivity index (χ1n) is 11.3. The molecule has 180 valence electrons. The number of hydrogen-bond acceptors (Lipinski definition) is 8. The van der Waals surface area contributed by atoms with Crippen LogP contribution in [0.3, 0.4) is 0 Å². The standard InChI is InChI=1S/C24H26FN3O6/c1-28-4-2-3-12(28)9-7-13(29)15-10(18(9)25)5-8-6-11-16(21(31)14(8)20(15)30)22(32)17(24(27)34)23(33)19(11)26/h7-8,11-12,16,19,29,31,33H,2-6,26H2,1H3,(H2,27,34)/t8-,11+,12?,16+,19-/m0/s1. The van der Waals surface area contributed by atoms with Crippen LogP contribution >= 0.6 is 0 Å². The summed E-state index contributed by atoms with van der Waals surface area (Å²) in [5.74, 6) is -7.80. The lowest BCUT2D eigenvalue weighted by Gasteiger charge is -2.43. The van der Waals surface area contributed by atoms with E-state index in [0.717, 1.165) is 19.4 Å². The summed E-state index contributed by atoms with van der Waals surface area (Å²) in [5.41, 5.74) is 10.7. The van der Waals surface area contributed by atoms with Crippen LogP contribution in [0.1, 0.15) is 46.8 Å². The Hall–Kier alpha value is -3.24. The first kappa shape index (κ1) is 22.5. The third kappa shape index (κ3) is 2.94. The van der Waals surface area contributed by atoms with Crippen LogP contribution in [0.2, 0.25) is 0 Å². The van der Waals surface area contributed by atoms with E-state index in [0.29, 0.717) is 5.56 Å². The average Bonchev–Trinajstić information content (AvgIpc) is 3.19. The van der Waals surface area contributed by atoms with Crippen LogP contribution in [0.15, 0.2) is 28.7 Å². The van der Waals surface area contributed by atoms with E-state index in [1.165, 1.54) is 6.07 Å². The van der Waals surface area contributed by atoms with Gasteiger partial charge in [-0.3, -0.25) is 19.3 Å². The Morgan fingerprint density at radius 1 is 1.21 bits per heavy atom. The summed E-state index contributed by atoms with van der Waals surface area (Å²) in [6, 6.07) is -0.108. The van der Waals surface area contributed by atoms with Gasteiger partial charge in [-0.25, -0.2) is 4.39 Å². The number of amides is 1. The molecule has 1 aliphatic heterocycles. The molecular weight excluding hydrogens is 445 g/mol. The normalized spacial score (nSPS) is 31.4. The number of aliphatic hydroxyl groups excluding tert-OH is 2. The van der Waals surface area contributed by atoms with E-state index in [2.05, 4.69) is 0 Å². The van der Waals surface area contributed by atoms with Gasteiger partial charge in [0.05, 0.1) is 17.5 Å². The van der Waals surface area contributed by atoms with Crippen molar-refractivity contribution in [2.75, 3.05) is 13.6 Å². The van der Waals surface area contributed by atoms with Crippen molar-refractivity contribution in [2.45, 2.75) is 37.8 Å². The van der Waals surface area contributed by atoms with Gasteiger partial charge in [0, 0.05) is 22.7 Å². The molecule has 0 spiro atoms. The third-order valence-electron chi connectivity index (χ3n) is 7.94. The van der Waals surface area contributed by atoms with Gasteiger partial charge in [0.25, 0.3) is 5.91 Å². The average molecular weight is 471 g/mol. The van der Waals surface area contributed by atoms with Crippen molar-refractivity contribution in [1.82, 2.24) is 4.90 Å². The molecule has 10 heteroatoms. The van der Waals surface area contributed by atoms with Crippen LogP contribution in [-0.2, 0) is 16.0 Å². The van der Waals surface area contributed by atoms with Crippen molar-refractivity contribution in [3.8, 4) is 5.75 Å². The number of likely N-dealkylation sites (tertiary alicyclic amines) is 1. The van der Waals surface area contributed by atoms with Crippen molar-refractivity contribution < 1.29 is 34.1 Å². The summed E-state index contributed by atoms with van der Waals surface area (Å²) in [7, 11) is 1.88. The van der Waals surface area contributed by atoms with Crippen LogP contribution in [0.4, 0.5) is 4.39 Å². The maximum absolute atomic E-state index is 15.7. The minimum Gasteiger partial charge on any atom is -0.511 e. The van der Waals surface area contributed by atoms with E-state index in [9.17, 15) is 29.7 Å². The number of rotatable bonds is 2. The fourth-order valence-electron chi connectivity index (χ4n) is 6.31. The van der Waals surface area contributed by atoms with Crippen LogP contribution in [0.25, 0.3) is 0 Å². The Labute approximate surface area is 194 Å². The van der Waals surface area contributed by atoms with Crippen LogP contribution in [0, 0.1) is 23.6 Å². The van der Waals surface area contributed by atoms with Crippen molar-refractivity contribution in [3.63, 3.8) is 0 Å². The number of carbonyl (C=O) groups is 3. The molecule has 1 heterocycles. The summed E-state index contributed by atoms with van der Waals surface area (Å²) in [4.78, 5) is 40.1. The first-order valence-corrected chi connectivity index (χ1v) is 11.3. The zero-order valence-corrected chi connectivity index (χ0v) is 18.5. The zero-order valence-electron chi connectivity index (χ0n) is 18.5. The number of allylic oxidation sites excluding steroid dienone is 2. The molecule has 5 rings (SSSR count). The van der Waals surface area contributed by atoms with Gasteiger partial charge in [-0.1, -0.05) is 0 Å². The van der Waals surface area contributed by atoms with Crippen molar-refractivity contribution in [3.05, 3.63) is 51.2 Å². The number of hydrogen-bond donors (Lipinski definition) is 5. The van der Waals surface area contributed by atoms with Gasteiger partial charge in [0.1, 0.15) is 28.7 Å². The number of nitrogens with two attached hydrogens (primary N) is 2. The smallest absolute Gasteiger partial charge is 0.255 e. The fourth-order valence-corrected chi connectivity index (χ4v) is 6.31. The number of aliphatic hydroxyl groups is 2. The van der Waals surface area contributed by atoms with Gasteiger partial charge in [-0.2, -0.15) is 0 Å². The molecule has 0 aromatic heterocycles. The number of fused-ring (bicyclic) bond motifs is 3. The Balaban J connectivity index is 1.63. The highest BCUT2D eigenvalue weighted by Gasteiger charge is 2.53. The lowest BCUT2D eigenvalue weighted by atomic mass is 9.61. The Morgan fingerprint density at radius 3 is 2.53 bits per heavy atom. The number of ketones is 2. The number of phenols is 1. The number of benzene rings is 1. The zero-order chi connectivity index (χ0) is 24.6. The third-order valence-corrected chi connectivity index (χ3v) is 7.94. The molecule has 0 radical (unpaired) electrons. The number of Topliss-reactive ketones (excluding diaryl/α,β-unsaturated/α-hetero) is 2. The topological polar surface area (TPSA) is 167 Å². The minimum absolute atomic E-state index is 0.0153. The molecule has 1 fully saturated rings. The summed E-state index contributed by atoms with van der Waals surface area (Å²) in [6.45, 7) is 0.795. The number of carbonyl (C=O) groups excluding carboxylic acids is 3. The summed E-state index contributed by atoms with van der Waals surface area (Å²) in [5, 5.41) is 32.1. The second-order valence-corrected chi connectivity index (χ2v) is 9.71. The van der Waals surface area contributed by atoms with E-state index in [1.807, 2.05) is 11.9 Å². The van der Waals surface area contributed by atoms with Gasteiger partial charge in [-0.15, -0.1) is 0 Å². The van der Waals surface area contributed by atoms with E-state index in [-0.39, 0.29) is 41.3 Å². The molecule has 4 aliphatic rings. The van der Waals surface area contributed by atoms with Crippen LogP contribution in [-0.4, -0.2) is 57.3 Å². The quantitative estimate of drug-likeness (QED) is 0.402. The lowest BCUT2D eigenvalue weighted by molar-refractivity contribution is -0.126. The van der Waals surface area contributed by atoms with Crippen molar-refractivity contribution in [1.29, 1.82) is 0 Å². The summed E-state index contributed by atoms with van der Waals surface area (Å²) >= 11 is 0. The molecule has 34 heavy (non-hydrogen) atoms. The maximum atomic E-state index is 15.7. The Kier molecular flexibility index (Phi) is 5.07. The van der Waals surface area contributed by atoms with Crippen molar-refractivity contribution >= 4 is 17.5 Å². The van der Waals surface area contributed by atoms with Gasteiger partial charge in [-0.05, 0) is 57.2 Å². The molecule has 1 aromatic rings. The molecule has 1 unspecified atom stereocenters. The van der Waals surface area contributed by atoms with Gasteiger partial charge in [0.15, 0.2) is 11.6 Å². The van der Waals surface area contributed by atoms with E-state index in [1.54, 1.807) is 0 Å². The van der Waals surface area contributed by atoms with E-state index >= 15 is 4.39 Å². The molecule has 1 amide bonds. The number of nitrogens with zero attached hydrogens (tertiary/aromatic N) is 1. The largest absolute Gasteiger partial charge is 0.511 e. The Bertz CT molecular complexity index is 1220. The second kappa shape index (κ2) is 7.64. The predicted molar refractivity (Wildman–Crippen MR) is 117 cm³/mol. The van der Waals surface area contributed by atoms with Crippen LogP contribution in [0.5, 0.6) is 5.75 Å². The first-order chi connectivity index (χ1) is 16.0. The molecule has 3 aliphatic carbocycles. The van der Waals surface area contributed by atoms with Gasteiger partial charge in [0.2, 0.25) is 0 Å². The molecule has 9 nitrogen and oxygen atoms in total. The van der Waals surface area contributed by atoms with E-state index < -0.39 is 64.2 Å². The summed E-state index contributed by atoms with van der Waals surface area (Å²) in [6.07, 6.45) is 1.73. The predicted octanol–water partition coefficient (Wildman–Crippen LogP) is 1.31. The highest BCUT2D eigenvalue weighted by Crippen LogP contribution is 2.50. The van der Waals surface area contributed by atoms with Gasteiger partial charge >= 0.3 is 0 Å². The Morgan fingerprint density at radius 2 is 1.91 bits per heavy atom. The highest BCUT2D eigenvalue weighted by molar-refractivity contribution is 6.22. The summed E-state index contributed by atoms with van der Waals surface area (Å²) < 4.78 is 15.7. The molecule has 7 N–H and O–H groups in total. The van der Waals surface area contributed by atoms with Crippen molar-refractivity contribution in [2.24, 2.45) is 29.2 Å². The second-order valence-electron chi connectivity index (χ2n) is 9.71. The highest BCUT2D eigenvalue weighted by atomic mass is 19.1. The molecule has 5 atom stereocenters. The number of phenolic OH excluding ortho intramolecular Hbond substituents is 1. The molecular formula is C24H26FN3O6. The maximum Gasteiger partial charge on any atom is 0.255 e. The molecule has 0 saturated carbocycles. The van der Waals surface area contributed by atoms with E-state index in [4.69, 9.17) is 11.5 Å². The minimum atomic E-state index is -1.33. The SMILES string of the molecule is CN1CCCC1c1cc(O)c2c(c1F)C[C@H]1C[C@@H]3[C@@H](C(=O)C(C(N)=O)=C(O)[C@H]3N)C(O)=C1C2=O.